The molecule has 2 fully saturated rings. The van der Waals surface area contributed by atoms with Crippen molar-refractivity contribution in [1.82, 2.24) is 10.2 Å². The first kappa shape index (κ1) is 17.2. The number of hydrogen-bond acceptors (Lipinski definition) is 3. The third kappa shape index (κ3) is 4.94. The molecule has 0 aromatic heterocycles. The fraction of sp³-hybridized carbons (Fsp3) is 1.00. The minimum atomic E-state index is -0.147. The summed E-state index contributed by atoms with van der Waals surface area (Å²) in [5.74, 6) is 1.39. The van der Waals surface area contributed by atoms with Crippen LogP contribution in [0, 0.1) is 17.3 Å². The normalized spacial score (nSPS) is 36.3. The van der Waals surface area contributed by atoms with Crippen molar-refractivity contribution in [3.05, 3.63) is 0 Å². The molecule has 2 unspecified atom stereocenters. The van der Waals surface area contributed by atoms with E-state index in [2.05, 4.69) is 31.0 Å². The van der Waals surface area contributed by atoms with Gasteiger partial charge in [0.2, 0.25) is 0 Å². The Balaban J connectivity index is 1.93. The van der Waals surface area contributed by atoms with Crippen LogP contribution in [-0.4, -0.2) is 48.3 Å². The number of likely N-dealkylation sites (tertiary alicyclic amines) is 1. The lowest BCUT2D eigenvalue weighted by molar-refractivity contribution is 0.0841. The highest BCUT2D eigenvalue weighted by molar-refractivity contribution is 4.92. The summed E-state index contributed by atoms with van der Waals surface area (Å²) in [6, 6.07) is 0.574. The molecule has 1 saturated heterocycles. The molecule has 124 valence electrons. The first-order valence-corrected chi connectivity index (χ1v) is 9.04. The predicted octanol–water partition coefficient (Wildman–Crippen LogP) is 2.88. The van der Waals surface area contributed by atoms with Crippen molar-refractivity contribution in [1.29, 1.82) is 0 Å². The zero-order valence-corrected chi connectivity index (χ0v) is 14.6. The van der Waals surface area contributed by atoms with Crippen LogP contribution < -0.4 is 5.32 Å². The Morgan fingerprint density at radius 3 is 2.38 bits per heavy atom. The molecule has 21 heavy (non-hydrogen) atoms. The molecule has 0 spiro atoms. The van der Waals surface area contributed by atoms with Gasteiger partial charge in [0.05, 0.1) is 6.10 Å². The van der Waals surface area contributed by atoms with Crippen molar-refractivity contribution < 1.29 is 5.11 Å². The van der Waals surface area contributed by atoms with Crippen LogP contribution in [-0.2, 0) is 0 Å². The molecule has 2 atom stereocenters. The maximum Gasteiger partial charge on any atom is 0.0552 e. The quantitative estimate of drug-likeness (QED) is 0.791. The second-order valence-corrected chi connectivity index (χ2v) is 8.24. The summed E-state index contributed by atoms with van der Waals surface area (Å²) in [6.45, 7) is 13.5. The Bertz CT molecular complexity index is 308. The highest BCUT2D eigenvalue weighted by Gasteiger charge is 2.38. The number of aliphatic hydroxyl groups is 1. The summed E-state index contributed by atoms with van der Waals surface area (Å²) in [5, 5.41) is 13.5. The lowest BCUT2D eigenvalue weighted by atomic mass is 9.70. The minimum absolute atomic E-state index is 0.147. The zero-order valence-electron chi connectivity index (χ0n) is 14.6. The van der Waals surface area contributed by atoms with E-state index in [0.29, 0.717) is 17.4 Å². The molecule has 1 heterocycles. The number of nitrogens with zero attached hydrogens (tertiary/aromatic N) is 1. The second kappa shape index (κ2) is 7.43. The van der Waals surface area contributed by atoms with Crippen LogP contribution in [0.15, 0.2) is 0 Å². The van der Waals surface area contributed by atoms with Gasteiger partial charge < -0.3 is 15.3 Å². The van der Waals surface area contributed by atoms with Crippen molar-refractivity contribution in [2.45, 2.75) is 71.9 Å². The van der Waals surface area contributed by atoms with E-state index < -0.39 is 0 Å². The van der Waals surface area contributed by atoms with E-state index in [9.17, 15) is 5.11 Å². The average molecular weight is 296 g/mol. The van der Waals surface area contributed by atoms with Gasteiger partial charge in [-0.1, -0.05) is 33.6 Å². The van der Waals surface area contributed by atoms with Crippen LogP contribution in [0.3, 0.4) is 0 Å². The van der Waals surface area contributed by atoms with Crippen molar-refractivity contribution in [2.24, 2.45) is 17.3 Å². The largest absolute Gasteiger partial charge is 0.393 e. The van der Waals surface area contributed by atoms with Gasteiger partial charge in [-0.2, -0.15) is 0 Å². The lowest BCUT2D eigenvalue weighted by Crippen LogP contribution is -2.47. The molecule has 2 aliphatic rings. The predicted molar refractivity (Wildman–Crippen MR) is 89.4 cm³/mol. The molecular formula is C18H36N2O. The number of nitrogens with one attached hydrogen (secondary N) is 1. The molecule has 0 amide bonds. The molecule has 1 saturated carbocycles. The second-order valence-electron chi connectivity index (χ2n) is 8.24. The van der Waals surface area contributed by atoms with Gasteiger partial charge in [0, 0.05) is 25.7 Å². The van der Waals surface area contributed by atoms with Crippen LogP contribution in [0.1, 0.15) is 59.8 Å². The fourth-order valence-electron chi connectivity index (χ4n) is 4.06. The van der Waals surface area contributed by atoms with E-state index in [0.717, 1.165) is 19.0 Å². The summed E-state index contributed by atoms with van der Waals surface area (Å²) in [5.41, 5.74) is 0.463. The van der Waals surface area contributed by atoms with E-state index in [-0.39, 0.29) is 6.10 Å². The summed E-state index contributed by atoms with van der Waals surface area (Å²) < 4.78 is 0. The van der Waals surface area contributed by atoms with Crippen LogP contribution >= 0.6 is 0 Å². The molecule has 2 rings (SSSR count). The molecule has 0 bridgehead atoms. The zero-order chi connectivity index (χ0) is 15.5. The first-order valence-electron chi connectivity index (χ1n) is 9.04. The monoisotopic (exact) mass is 296 g/mol. The van der Waals surface area contributed by atoms with Gasteiger partial charge in [-0.3, -0.25) is 0 Å². The smallest absolute Gasteiger partial charge is 0.0552 e. The molecule has 1 aliphatic heterocycles. The average Bonchev–Trinajstić information content (AvgIpc) is 2.88. The van der Waals surface area contributed by atoms with Crippen LogP contribution in [0.5, 0.6) is 0 Å². The molecule has 0 radical (unpaired) electrons. The molecule has 3 heteroatoms. The van der Waals surface area contributed by atoms with Crippen LogP contribution in [0.25, 0.3) is 0 Å². The Hall–Kier alpha value is -0.120. The van der Waals surface area contributed by atoms with Crippen LogP contribution in [0.2, 0.25) is 0 Å². The third-order valence-corrected chi connectivity index (χ3v) is 5.77. The van der Waals surface area contributed by atoms with E-state index in [1.54, 1.807) is 0 Å². The van der Waals surface area contributed by atoms with Gasteiger partial charge in [-0.05, 0) is 50.0 Å². The molecule has 3 nitrogen and oxygen atoms in total. The Labute approximate surface area is 131 Å². The number of rotatable bonds is 6. The van der Waals surface area contributed by atoms with Gasteiger partial charge >= 0.3 is 0 Å². The Kier molecular flexibility index (Phi) is 6.10. The third-order valence-electron chi connectivity index (χ3n) is 5.77. The molecule has 1 aliphatic carbocycles. The summed E-state index contributed by atoms with van der Waals surface area (Å²) in [7, 11) is 0. The van der Waals surface area contributed by atoms with Gasteiger partial charge in [-0.15, -0.1) is 0 Å². The van der Waals surface area contributed by atoms with E-state index in [1.165, 1.54) is 45.2 Å². The summed E-state index contributed by atoms with van der Waals surface area (Å²) in [6.07, 6.45) is 6.52. The topological polar surface area (TPSA) is 35.5 Å². The summed E-state index contributed by atoms with van der Waals surface area (Å²) in [4.78, 5) is 2.62. The SMILES string of the molecule is CC1CCC(CNC(C)C)(CN2CCC(C(C)O)C2)CC1. The summed E-state index contributed by atoms with van der Waals surface area (Å²) >= 11 is 0. The standard InChI is InChI=1S/C18H36N2O/c1-14(2)19-12-18(8-5-15(3)6-9-18)13-20-10-7-17(11-20)16(4)21/h14-17,19,21H,5-13H2,1-4H3. The highest BCUT2D eigenvalue weighted by atomic mass is 16.3. The van der Waals surface area contributed by atoms with Crippen LogP contribution in [0.4, 0.5) is 0 Å². The van der Waals surface area contributed by atoms with Gasteiger partial charge in [0.15, 0.2) is 0 Å². The Morgan fingerprint density at radius 1 is 1.19 bits per heavy atom. The number of hydrogen-bond donors (Lipinski definition) is 2. The molecule has 0 aromatic rings. The van der Waals surface area contributed by atoms with E-state index >= 15 is 0 Å². The fourth-order valence-corrected chi connectivity index (χ4v) is 4.06. The number of aliphatic hydroxyl groups excluding tert-OH is 1. The lowest BCUT2D eigenvalue weighted by Gasteiger charge is -2.43. The van der Waals surface area contributed by atoms with Gasteiger partial charge in [0.1, 0.15) is 0 Å². The van der Waals surface area contributed by atoms with E-state index in [1.807, 2.05) is 6.92 Å². The maximum absolute atomic E-state index is 9.81. The van der Waals surface area contributed by atoms with E-state index in [4.69, 9.17) is 0 Å². The van der Waals surface area contributed by atoms with Crippen molar-refractivity contribution in [2.75, 3.05) is 26.2 Å². The van der Waals surface area contributed by atoms with Gasteiger partial charge in [0.25, 0.3) is 0 Å². The minimum Gasteiger partial charge on any atom is -0.393 e. The molecule has 2 N–H and O–H groups in total. The molecule has 0 aromatic carbocycles. The Morgan fingerprint density at radius 2 is 1.86 bits per heavy atom. The highest BCUT2D eigenvalue weighted by Crippen LogP contribution is 2.40. The van der Waals surface area contributed by atoms with Crippen molar-refractivity contribution in [3.63, 3.8) is 0 Å². The maximum atomic E-state index is 9.81. The first-order chi connectivity index (χ1) is 9.90. The van der Waals surface area contributed by atoms with Crippen molar-refractivity contribution in [3.8, 4) is 0 Å². The van der Waals surface area contributed by atoms with Gasteiger partial charge in [-0.25, -0.2) is 0 Å². The van der Waals surface area contributed by atoms with Crippen molar-refractivity contribution >= 4 is 0 Å². The molecular weight excluding hydrogens is 260 g/mol.